The van der Waals surface area contributed by atoms with Gasteiger partial charge < -0.3 is 14.8 Å². The predicted octanol–water partition coefficient (Wildman–Crippen LogP) is 5.10. The Morgan fingerprint density at radius 3 is 2.32 bits per heavy atom. The van der Waals surface area contributed by atoms with Gasteiger partial charge in [0.15, 0.2) is 0 Å². The number of piperazine rings is 1. The van der Waals surface area contributed by atoms with E-state index in [4.69, 9.17) is 4.98 Å². The third-order valence-electron chi connectivity index (χ3n) is 7.76. The maximum absolute atomic E-state index is 5.06. The minimum Gasteiger partial charge on any atom is -0.372 e. The number of nitrogens with one attached hydrogen (secondary N) is 1. The molecule has 0 spiro atoms. The van der Waals surface area contributed by atoms with Gasteiger partial charge in [0.25, 0.3) is 0 Å². The number of benzene rings is 3. The summed E-state index contributed by atoms with van der Waals surface area (Å²) in [4.78, 5) is 24.9. The smallest absolute Gasteiger partial charge is 0.138 e. The van der Waals surface area contributed by atoms with Crippen LogP contribution in [0.15, 0.2) is 73.1 Å². The van der Waals surface area contributed by atoms with Crippen LogP contribution in [0.2, 0.25) is 0 Å². The summed E-state index contributed by atoms with van der Waals surface area (Å²) < 4.78 is 0. The number of H-pyrrole nitrogens is 1. The summed E-state index contributed by atoms with van der Waals surface area (Å²) in [6, 6.07) is 21.7. The van der Waals surface area contributed by atoms with Crippen LogP contribution in [-0.2, 0) is 6.54 Å². The van der Waals surface area contributed by atoms with Crippen LogP contribution in [0.3, 0.4) is 0 Å². The van der Waals surface area contributed by atoms with E-state index in [1.54, 1.807) is 12.4 Å². The number of aromatic nitrogens is 4. The Hall–Kier alpha value is -3.97. The van der Waals surface area contributed by atoms with Crippen molar-refractivity contribution in [1.29, 1.82) is 0 Å². The number of fused-ring (bicyclic) bond motifs is 2. The molecule has 7 rings (SSSR count). The van der Waals surface area contributed by atoms with Crippen LogP contribution in [0.1, 0.15) is 18.4 Å². The van der Waals surface area contributed by atoms with Gasteiger partial charge in [-0.3, -0.25) is 14.9 Å². The highest BCUT2D eigenvalue weighted by atomic mass is 15.3. The van der Waals surface area contributed by atoms with E-state index in [1.807, 2.05) is 0 Å². The normalized spacial score (nSPS) is 16.8. The maximum Gasteiger partial charge on any atom is 0.138 e. The molecular formula is C30H31N7. The molecule has 3 aromatic carbocycles. The maximum atomic E-state index is 5.06. The van der Waals surface area contributed by atoms with Crippen molar-refractivity contribution in [2.24, 2.45) is 0 Å². The van der Waals surface area contributed by atoms with E-state index < -0.39 is 0 Å². The zero-order valence-electron chi connectivity index (χ0n) is 21.0. The van der Waals surface area contributed by atoms with Gasteiger partial charge in [-0.1, -0.05) is 12.1 Å². The minimum atomic E-state index is 0.935. The predicted molar refractivity (Wildman–Crippen MR) is 150 cm³/mol. The van der Waals surface area contributed by atoms with E-state index in [-0.39, 0.29) is 0 Å². The van der Waals surface area contributed by atoms with Gasteiger partial charge in [-0.25, -0.2) is 4.98 Å². The van der Waals surface area contributed by atoms with E-state index in [1.165, 1.54) is 29.8 Å². The van der Waals surface area contributed by atoms with Gasteiger partial charge in [0.1, 0.15) is 11.3 Å². The molecule has 37 heavy (non-hydrogen) atoms. The van der Waals surface area contributed by atoms with Crippen LogP contribution in [0, 0.1) is 0 Å². The Morgan fingerprint density at radius 2 is 1.51 bits per heavy atom. The highest BCUT2D eigenvalue weighted by Crippen LogP contribution is 2.30. The minimum absolute atomic E-state index is 0.935. The van der Waals surface area contributed by atoms with Crippen LogP contribution >= 0.6 is 0 Å². The van der Waals surface area contributed by atoms with E-state index in [0.717, 1.165) is 79.3 Å². The molecule has 0 radical (unpaired) electrons. The number of imidazole rings is 1. The number of anilines is 2. The van der Waals surface area contributed by atoms with Crippen molar-refractivity contribution in [3.8, 4) is 11.4 Å². The molecule has 2 aliphatic heterocycles. The van der Waals surface area contributed by atoms with Crippen molar-refractivity contribution in [2.45, 2.75) is 19.4 Å². The first-order chi connectivity index (χ1) is 18.3. The van der Waals surface area contributed by atoms with Crippen LogP contribution in [0.5, 0.6) is 0 Å². The molecule has 2 aromatic heterocycles. The summed E-state index contributed by atoms with van der Waals surface area (Å²) in [5, 5.41) is 0. The summed E-state index contributed by atoms with van der Waals surface area (Å²) in [5.74, 6) is 0.938. The molecule has 2 fully saturated rings. The van der Waals surface area contributed by atoms with Crippen LogP contribution < -0.4 is 9.80 Å². The topological polar surface area (TPSA) is 64.2 Å². The monoisotopic (exact) mass is 489 g/mol. The van der Waals surface area contributed by atoms with Gasteiger partial charge in [-0.2, -0.15) is 0 Å². The Kier molecular flexibility index (Phi) is 5.70. The molecule has 5 aromatic rings. The summed E-state index contributed by atoms with van der Waals surface area (Å²) in [5.41, 5.74) is 9.02. The van der Waals surface area contributed by atoms with Gasteiger partial charge in [-0.15, -0.1) is 0 Å². The van der Waals surface area contributed by atoms with E-state index in [9.17, 15) is 0 Å². The third-order valence-corrected chi connectivity index (χ3v) is 7.76. The lowest BCUT2D eigenvalue weighted by atomic mass is 10.1. The first-order valence-electron chi connectivity index (χ1n) is 13.3. The number of para-hydroxylation sites is 1. The second-order valence-electron chi connectivity index (χ2n) is 10.1. The highest BCUT2D eigenvalue weighted by Gasteiger charge is 2.21. The van der Waals surface area contributed by atoms with Gasteiger partial charge in [0.05, 0.1) is 22.2 Å². The number of hydrogen-bond acceptors (Lipinski definition) is 6. The lowest BCUT2D eigenvalue weighted by Gasteiger charge is -2.36. The Balaban J connectivity index is 1.06. The van der Waals surface area contributed by atoms with Crippen molar-refractivity contribution >= 4 is 33.4 Å². The first kappa shape index (κ1) is 22.2. The molecule has 0 aliphatic carbocycles. The lowest BCUT2D eigenvalue weighted by Crippen LogP contribution is -2.46. The molecule has 0 amide bonds. The van der Waals surface area contributed by atoms with Gasteiger partial charge in [0.2, 0.25) is 0 Å². The molecule has 0 bridgehead atoms. The second kappa shape index (κ2) is 9.48. The zero-order valence-corrected chi connectivity index (χ0v) is 21.0. The SMILES string of the molecule is c1cc(N2CCN(Cc3ccc4nccnc4c3)CC2)c2nc(-c3ccc(N4CCCC4)cc3)[nH]c2c1. The number of aromatic amines is 1. The van der Waals surface area contributed by atoms with Crippen molar-refractivity contribution in [3.05, 3.63) is 78.6 Å². The fourth-order valence-corrected chi connectivity index (χ4v) is 5.73. The molecule has 7 nitrogen and oxygen atoms in total. The standard InChI is InChI=1S/C30H31N7/c1-2-15-36(14-1)24-9-7-23(8-10-24)30-33-26-4-3-5-28(29(26)34-30)37-18-16-35(17-19-37)21-22-6-11-25-27(20-22)32-13-12-31-25/h3-13,20H,1-2,14-19,21H2,(H,33,34). The van der Waals surface area contributed by atoms with Crippen molar-refractivity contribution in [1.82, 2.24) is 24.8 Å². The lowest BCUT2D eigenvalue weighted by molar-refractivity contribution is 0.250. The largest absolute Gasteiger partial charge is 0.372 e. The molecule has 2 aliphatic rings. The molecular weight excluding hydrogens is 458 g/mol. The molecule has 7 heteroatoms. The summed E-state index contributed by atoms with van der Waals surface area (Å²) in [6.07, 6.45) is 6.09. The van der Waals surface area contributed by atoms with E-state index >= 15 is 0 Å². The summed E-state index contributed by atoms with van der Waals surface area (Å²) in [6.45, 7) is 7.27. The summed E-state index contributed by atoms with van der Waals surface area (Å²) >= 11 is 0. The average Bonchev–Trinajstić information content (AvgIpc) is 3.64. The molecule has 0 saturated carbocycles. The fraction of sp³-hybridized carbons (Fsp3) is 0.300. The molecule has 2 saturated heterocycles. The highest BCUT2D eigenvalue weighted by molar-refractivity contribution is 5.91. The van der Waals surface area contributed by atoms with Crippen molar-refractivity contribution < 1.29 is 0 Å². The first-order valence-corrected chi connectivity index (χ1v) is 13.3. The third kappa shape index (κ3) is 4.40. The van der Waals surface area contributed by atoms with Crippen LogP contribution in [0.25, 0.3) is 33.5 Å². The van der Waals surface area contributed by atoms with Crippen LogP contribution in [-0.4, -0.2) is 64.1 Å². The van der Waals surface area contributed by atoms with Gasteiger partial charge in [-0.05, 0) is 66.9 Å². The van der Waals surface area contributed by atoms with Crippen LogP contribution in [0.4, 0.5) is 11.4 Å². The average molecular weight is 490 g/mol. The Morgan fingerprint density at radius 1 is 0.730 bits per heavy atom. The van der Waals surface area contributed by atoms with Crippen molar-refractivity contribution in [2.75, 3.05) is 49.1 Å². The van der Waals surface area contributed by atoms with E-state index in [0.29, 0.717) is 0 Å². The van der Waals surface area contributed by atoms with Gasteiger partial charge >= 0.3 is 0 Å². The van der Waals surface area contributed by atoms with Crippen molar-refractivity contribution in [3.63, 3.8) is 0 Å². The number of hydrogen-bond donors (Lipinski definition) is 1. The quantitative estimate of drug-likeness (QED) is 0.371. The molecule has 1 N–H and O–H groups in total. The Bertz CT molecular complexity index is 1530. The zero-order chi connectivity index (χ0) is 24.6. The molecule has 4 heterocycles. The number of rotatable bonds is 5. The Labute approximate surface area is 216 Å². The molecule has 186 valence electrons. The molecule has 0 atom stereocenters. The molecule has 0 unspecified atom stereocenters. The fourth-order valence-electron chi connectivity index (χ4n) is 5.73. The van der Waals surface area contributed by atoms with Gasteiger partial charge in [0, 0.05) is 69.5 Å². The van der Waals surface area contributed by atoms with E-state index in [2.05, 4.69) is 90.3 Å². The number of nitrogens with zero attached hydrogens (tertiary/aromatic N) is 6. The second-order valence-corrected chi connectivity index (χ2v) is 10.1. The summed E-state index contributed by atoms with van der Waals surface area (Å²) in [7, 11) is 0.